The molecule has 0 aliphatic carbocycles. The number of thiophene rings is 1. The number of hydrogen-bond acceptors (Lipinski definition) is 5. The first kappa shape index (κ1) is 15.1. The van der Waals surface area contributed by atoms with Crippen molar-refractivity contribution < 1.29 is 18.7 Å². The zero-order valence-electron chi connectivity index (χ0n) is 11.8. The van der Waals surface area contributed by atoms with Gasteiger partial charge in [-0.2, -0.15) is 0 Å². The van der Waals surface area contributed by atoms with Gasteiger partial charge in [-0.3, -0.25) is 5.32 Å². The summed E-state index contributed by atoms with van der Waals surface area (Å²) < 4.78 is 10.4. The monoisotopic (exact) mass is 308 g/mol. The van der Waals surface area contributed by atoms with Gasteiger partial charge in [0.1, 0.15) is 16.3 Å². The van der Waals surface area contributed by atoms with E-state index in [4.69, 9.17) is 9.15 Å². The lowest BCUT2D eigenvalue weighted by molar-refractivity contribution is 0.0529. The number of nitrogens with one attached hydrogen (secondary N) is 2. The maximum Gasteiger partial charge on any atom is 0.341 e. The Morgan fingerprint density at radius 1 is 1.38 bits per heavy atom. The summed E-state index contributed by atoms with van der Waals surface area (Å²) in [6.45, 7) is 4.30. The van der Waals surface area contributed by atoms with Crippen LogP contribution in [0.3, 0.4) is 0 Å². The highest BCUT2D eigenvalue weighted by molar-refractivity contribution is 7.15. The molecular weight excluding hydrogens is 292 g/mol. The zero-order valence-corrected chi connectivity index (χ0v) is 12.6. The summed E-state index contributed by atoms with van der Waals surface area (Å²) in [7, 11) is 0. The highest BCUT2D eigenvalue weighted by Gasteiger charge is 2.23. The van der Waals surface area contributed by atoms with Crippen LogP contribution in [0.5, 0.6) is 0 Å². The minimum atomic E-state index is -0.489. The van der Waals surface area contributed by atoms with Gasteiger partial charge < -0.3 is 14.5 Å². The Morgan fingerprint density at radius 3 is 2.81 bits per heavy atom. The van der Waals surface area contributed by atoms with Crippen LogP contribution in [-0.2, 0) is 4.74 Å². The van der Waals surface area contributed by atoms with E-state index in [2.05, 4.69) is 10.6 Å². The molecule has 0 aliphatic rings. The van der Waals surface area contributed by atoms with Gasteiger partial charge in [-0.25, -0.2) is 9.59 Å². The molecule has 0 saturated heterocycles. The van der Waals surface area contributed by atoms with Crippen molar-refractivity contribution in [2.45, 2.75) is 13.8 Å². The van der Waals surface area contributed by atoms with E-state index in [0.29, 0.717) is 28.4 Å². The minimum absolute atomic E-state index is 0.257. The summed E-state index contributed by atoms with van der Waals surface area (Å²) in [6, 6.07) is 3.12. The highest BCUT2D eigenvalue weighted by atomic mass is 32.1. The lowest BCUT2D eigenvalue weighted by atomic mass is 10.1. The van der Waals surface area contributed by atoms with E-state index in [1.165, 1.54) is 17.6 Å². The molecule has 2 rings (SSSR count). The summed E-state index contributed by atoms with van der Waals surface area (Å²) in [5.74, 6) is 0.0650. The third-order valence-electron chi connectivity index (χ3n) is 2.62. The fourth-order valence-electron chi connectivity index (χ4n) is 1.78. The number of amides is 2. The van der Waals surface area contributed by atoms with E-state index in [1.54, 1.807) is 24.4 Å². The van der Waals surface area contributed by atoms with Crippen LogP contribution < -0.4 is 10.6 Å². The van der Waals surface area contributed by atoms with Crippen molar-refractivity contribution in [3.05, 3.63) is 29.3 Å². The molecule has 0 atom stereocenters. The fraction of sp³-hybridized carbons (Fsp3) is 0.286. The Kier molecular flexibility index (Phi) is 4.99. The molecule has 0 bridgehead atoms. The smallest absolute Gasteiger partial charge is 0.341 e. The zero-order chi connectivity index (χ0) is 15.2. The van der Waals surface area contributed by atoms with Crippen molar-refractivity contribution in [3.8, 4) is 11.3 Å². The van der Waals surface area contributed by atoms with Gasteiger partial charge in [-0.15, -0.1) is 11.3 Å². The van der Waals surface area contributed by atoms with Gasteiger partial charge in [0.15, 0.2) is 0 Å². The van der Waals surface area contributed by atoms with Crippen LogP contribution >= 0.6 is 11.3 Å². The topological polar surface area (TPSA) is 80.6 Å². The molecule has 21 heavy (non-hydrogen) atoms. The molecule has 6 nitrogen and oxygen atoms in total. The number of anilines is 1. The predicted molar refractivity (Wildman–Crippen MR) is 80.7 cm³/mol. The number of urea groups is 1. The Labute approximate surface area is 126 Å². The van der Waals surface area contributed by atoms with Crippen LogP contribution in [0.4, 0.5) is 9.80 Å². The maximum atomic E-state index is 12.2. The molecule has 0 fully saturated rings. The van der Waals surface area contributed by atoms with Crippen LogP contribution in [0.15, 0.2) is 28.2 Å². The molecule has 2 aromatic heterocycles. The third-order valence-corrected chi connectivity index (χ3v) is 3.52. The number of ether oxygens (including phenoxy) is 1. The second-order valence-electron chi connectivity index (χ2n) is 4.04. The van der Waals surface area contributed by atoms with Crippen molar-refractivity contribution >= 4 is 28.3 Å². The van der Waals surface area contributed by atoms with E-state index < -0.39 is 5.97 Å². The van der Waals surface area contributed by atoms with Crippen molar-refractivity contribution in [3.63, 3.8) is 0 Å². The Morgan fingerprint density at radius 2 is 2.19 bits per heavy atom. The molecule has 0 aromatic carbocycles. The van der Waals surface area contributed by atoms with Crippen LogP contribution in [0.25, 0.3) is 11.3 Å². The van der Waals surface area contributed by atoms with Crippen LogP contribution in [-0.4, -0.2) is 25.2 Å². The molecule has 0 unspecified atom stereocenters. The average molecular weight is 308 g/mol. The fourth-order valence-corrected chi connectivity index (χ4v) is 2.71. The number of carbonyl (C=O) groups excluding carboxylic acids is 2. The van der Waals surface area contributed by atoms with Crippen LogP contribution in [0.1, 0.15) is 24.2 Å². The molecule has 2 amide bonds. The largest absolute Gasteiger partial charge is 0.464 e. The predicted octanol–water partition coefficient (Wildman–Crippen LogP) is 3.33. The maximum absolute atomic E-state index is 12.2. The lowest BCUT2D eigenvalue weighted by Crippen LogP contribution is -2.28. The Balaban J connectivity index is 2.36. The first-order valence-corrected chi connectivity index (χ1v) is 7.42. The van der Waals surface area contributed by atoms with Crippen molar-refractivity contribution in [1.29, 1.82) is 0 Å². The summed E-state index contributed by atoms with van der Waals surface area (Å²) in [5.41, 5.74) is 0.915. The van der Waals surface area contributed by atoms with Gasteiger partial charge in [0, 0.05) is 17.5 Å². The molecule has 2 heterocycles. The number of esters is 1. The Hall–Kier alpha value is -2.28. The summed E-state index contributed by atoms with van der Waals surface area (Å²) in [4.78, 5) is 23.8. The highest BCUT2D eigenvalue weighted by Crippen LogP contribution is 2.36. The van der Waals surface area contributed by atoms with E-state index >= 15 is 0 Å². The SMILES string of the molecule is CCNC(=O)Nc1scc(-c2ccco2)c1C(=O)OCC. The van der Waals surface area contributed by atoms with Crippen LogP contribution in [0, 0.1) is 0 Å². The van der Waals surface area contributed by atoms with E-state index in [0.717, 1.165) is 0 Å². The molecule has 112 valence electrons. The van der Waals surface area contributed by atoms with Crippen LogP contribution in [0.2, 0.25) is 0 Å². The number of furan rings is 1. The molecule has 0 spiro atoms. The summed E-state index contributed by atoms with van der Waals surface area (Å²) in [5, 5.41) is 7.47. The quantitative estimate of drug-likeness (QED) is 0.830. The van der Waals surface area contributed by atoms with E-state index in [9.17, 15) is 9.59 Å². The first-order valence-electron chi connectivity index (χ1n) is 6.54. The molecule has 7 heteroatoms. The van der Waals surface area contributed by atoms with E-state index in [1.807, 2.05) is 6.92 Å². The van der Waals surface area contributed by atoms with Gasteiger partial charge in [0.05, 0.1) is 12.9 Å². The molecule has 0 radical (unpaired) electrons. The normalized spacial score (nSPS) is 10.2. The van der Waals surface area contributed by atoms with Gasteiger partial charge >= 0.3 is 12.0 Å². The van der Waals surface area contributed by atoms with Crippen molar-refractivity contribution in [1.82, 2.24) is 5.32 Å². The molecule has 2 aromatic rings. The molecule has 0 saturated carbocycles. The minimum Gasteiger partial charge on any atom is -0.464 e. The molecule has 0 aliphatic heterocycles. The number of rotatable bonds is 5. The summed E-state index contributed by atoms with van der Waals surface area (Å²) >= 11 is 1.25. The second kappa shape index (κ2) is 6.94. The Bertz CT molecular complexity index is 619. The van der Waals surface area contributed by atoms with Crippen molar-refractivity contribution in [2.75, 3.05) is 18.5 Å². The van der Waals surface area contributed by atoms with Gasteiger partial charge in [-0.05, 0) is 26.0 Å². The second-order valence-corrected chi connectivity index (χ2v) is 4.92. The van der Waals surface area contributed by atoms with E-state index in [-0.39, 0.29) is 12.6 Å². The molecular formula is C14H16N2O4S. The third kappa shape index (κ3) is 3.43. The molecule has 2 N–H and O–H groups in total. The average Bonchev–Trinajstić information content (AvgIpc) is 3.07. The lowest BCUT2D eigenvalue weighted by Gasteiger charge is -2.08. The van der Waals surface area contributed by atoms with Gasteiger partial charge in [0.2, 0.25) is 0 Å². The summed E-state index contributed by atoms with van der Waals surface area (Å²) in [6.07, 6.45) is 1.53. The number of carbonyl (C=O) groups is 2. The van der Waals surface area contributed by atoms with Gasteiger partial charge in [0.25, 0.3) is 0 Å². The van der Waals surface area contributed by atoms with Gasteiger partial charge in [-0.1, -0.05) is 0 Å². The standard InChI is InChI=1S/C14H16N2O4S/c1-3-15-14(18)16-12-11(13(17)19-4-2)9(8-21-12)10-6-5-7-20-10/h5-8H,3-4H2,1-2H3,(H2,15,16,18). The van der Waals surface area contributed by atoms with Crippen molar-refractivity contribution in [2.24, 2.45) is 0 Å². The number of hydrogen-bond donors (Lipinski definition) is 2. The first-order chi connectivity index (χ1) is 10.2.